The zero-order valence-electron chi connectivity index (χ0n) is 12.0. The first-order valence-electron chi connectivity index (χ1n) is 6.85. The molecule has 0 radical (unpaired) electrons. The summed E-state index contributed by atoms with van der Waals surface area (Å²) in [5.41, 5.74) is 5.26. The molecular weight excluding hydrogens is 244 g/mol. The summed E-state index contributed by atoms with van der Waals surface area (Å²) in [6.45, 7) is 8.26. The van der Waals surface area contributed by atoms with E-state index in [1.807, 2.05) is 13.8 Å². The predicted molar refractivity (Wildman–Crippen MR) is 79.4 cm³/mol. The minimum Gasteiger partial charge on any atom is -0.391 e. The highest BCUT2D eigenvalue weighted by molar-refractivity contribution is 7.80. The van der Waals surface area contributed by atoms with Crippen LogP contribution >= 0.6 is 12.2 Å². The van der Waals surface area contributed by atoms with Gasteiger partial charge in [0.05, 0.1) is 10.5 Å². The molecule has 18 heavy (non-hydrogen) atoms. The third-order valence-corrected chi connectivity index (χ3v) is 4.92. The summed E-state index contributed by atoms with van der Waals surface area (Å²) >= 11 is 5.07. The van der Waals surface area contributed by atoms with E-state index < -0.39 is 5.54 Å². The Labute approximate surface area is 116 Å². The van der Waals surface area contributed by atoms with Crippen molar-refractivity contribution in [3.05, 3.63) is 0 Å². The lowest BCUT2D eigenvalue weighted by Crippen LogP contribution is -2.57. The highest BCUT2D eigenvalue weighted by atomic mass is 32.1. The van der Waals surface area contributed by atoms with Gasteiger partial charge in [0.2, 0.25) is 5.91 Å². The van der Waals surface area contributed by atoms with E-state index in [2.05, 4.69) is 19.2 Å². The predicted octanol–water partition coefficient (Wildman–Crippen LogP) is 2.77. The molecule has 1 amide bonds. The summed E-state index contributed by atoms with van der Waals surface area (Å²) < 4.78 is 0. The molecule has 0 bridgehead atoms. The third kappa shape index (κ3) is 3.22. The second-order valence-corrected chi connectivity index (χ2v) is 6.77. The zero-order chi connectivity index (χ0) is 14.0. The molecule has 0 saturated heterocycles. The van der Waals surface area contributed by atoms with E-state index in [-0.39, 0.29) is 17.2 Å². The number of hydrogen-bond donors (Lipinski definition) is 2. The second kappa shape index (κ2) is 5.55. The number of hydrogen-bond acceptors (Lipinski definition) is 2. The summed E-state index contributed by atoms with van der Waals surface area (Å²) in [5.74, 6) is 0.184. The van der Waals surface area contributed by atoms with Crippen molar-refractivity contribution in [2.24, 2.45) is 17.1 Å². The van der Waals surface area contributed by atoms with Crippen LogP contribution < -0.4 is 11.1 Å². The smallest absolute Gasteiger partial charge is 0.224 e. The van der Waals surface area contributed by atoms with Gasteiger partial charge in [0, 0.05) is 5.92 Å². The van der Waals surface area contributed by atoms with Crippen LogP contribution in [0.4, 0.5) is 0 Å². The molecule has 0 spiro atoms. The van der Waals surface area contributed by atoms with Crippen molar-refractivity contribution in [1.29, 1.82) is 0 Å². The van der Waals surface area contributed by atoms with Crippen molar-refractivity contribution in [2.45, 2.75) is 65.3 Å². The summed E-state index contributed by atoms with van der Waals surface area (Å²) in [6.07, 6.45) is 5.16. The largest absolute Gasteiger partial charge is 0.391 e. The fourth-order valence-electron chi connectivity index (χ4n) is 2.66. The highest BCUT2D eigenvalue weighted by Gasteiger charge is 2.39. The van der Waals surface area contributed by atoms with E-state index in [1.54, 1.807) is 0 Å². The molecule has 2 unspecified atom stereocenters. The number of thiocarbonyl (C=S) groups is 1. The molecule has 1 saturated carbocycles. The summed E-state index contributed by atoms with van der Waals surface area (Å²) in [5, 5.41) is 3.06. The molecule has 0 aliphatic heterocycles. The van der Waals surface area contributed by atoms with E-state index >= 15 is 0 Å². The molecule has 1 fully saturated rings. The van der Waals surface area contributed by atoms with Crippen LogP contribution in [0.15, 0.2) is 0 Å². The Bertz CT molecular complexity index is 341. The van der Waals surface area contributed by atoms with Crippen molar-refractivity contribution >= 4 is 23.1 Å². The molecule has 4 heteroatoms. The minimum atomic E-state index is -0.556. The monoisotopic (exact) mass is 270 g/mol. The lowest BCUT2D eigenvalue weighted by atomic mass is 9.68. The summed E-state index contributed by atoms with van der Waals surface area (Å²) in [7, 11) is 0. The number of nitrogens with two attached hydrogens (primary N) is 1. The highest BCUT2D eigenvalue weighted by Crippen LogP contribution is 2.40. The molecule has 2 atom stereocenters. The number of amides is 1. The fourth-order valence-corrected chi connectivity index (χ4v) is 2.86. The van der Waals surface area contributed by atoms with Crippen molar-refractivity contribution in [3.63, 3.8) is 0 Å². The molecule has 1 aliphatic carbocycles. The SMILES string of the molecule is CCC(C)(NC(=O)C1CCCCC1(C)C)C(N)=S. The van der Waals surface area contributed by atoms with Crippen LogP contribution in [0.3, 0.4) is 0 Å². The summed E-state index contributed by atoms with van der Waals surface area (Å²) in [6, 6.07) is 0. The van der Waals surface area contributed by atoms with E-state index in [1.165, 1.54) is 6.42 Å². The number of nitrogens with one attached hydrogen (secondary N) is 1. The molecule has 3 nitrogen and oxygen atoms in total. The molecular formula is C14H26N2OS. The quantitative estimate of drug-likeness (QED) is 0.772. The average Bonchev–Trinajstić information content (AvgIpc) is 2.27. The molecule has 104 valence electrons. The van der Waals surface area contributed by atoms with Gasteiger partial charge in [0.1, 0.15) is 0 Å². The van der Waals surface area contributed by atoms with E-state index in [4.69, 9.17) is 18.0 Å². The molecule has 1 rings (SSSR count). The fraction of sp³-hybridized carbons (Fsp3) is 0.857. The van der Waals surface area contributed by atoms with Crippen LogP contribution in [0.5, 0.6) is 0 Å². The first kappa shape index (κ1) is 15.4. The van der Waals surface area contributed by atoms with Crippen molar-refractivity contribution in [2.75, 3.05) is 0 Å². The van der Waals surface area contributed by atoms with Crippen LogP contribution in [0.1, 0.15) is 59.8 Å². The zero-order valence-corrected chi connectivity index (χ0v) is 12.8. The molecule has 0 heterocycles. The Hall–Kier alpha value is -0.640. The van der Waals surface area contributed by atoms with Gasteiger partial charge >= 0.3 is 0 Å². The lowest BCUT2D eigenvalue weighted by Gasteiger charge is -2.40. The molecule has 3 N–H and O–H groups in total. The van der Waals surface area contributed by atoms with Crippen LogP contribution in [-0.2, 0) is 4.79 Å². The van der Waals surface area contributed by atoms with Gasteiger partial charge in [-0.05, 0) is 31.6 Å². The maximum absolute atomic E-state index is 12.5. The maximum atomic E-state index is 12.5. The van der Waals surface area contributed by atoms with Crippen LogP contribution in [0, 0.1) is 11.3 Å². The third-order valence-electron chi connectivity index (χ3n) is 4.47. The van der Waals surface area contributed by atoms with Crippen LogP contribution in [0.2, 0.25) is 0 Å². The minimum absolute atomic E-state index is 0.0754. The topological polar surface area (TPSA) is 55.1 Å². The molecule has 0 aromatic rings. The van der Waals surface area contributed by atoms with Crippen molar-refractivity contribution in [3.8, 4) is 0 Å². The number of carbonyl (C=O) groups excluding carboxylic acids is 1. The van der Waals surface area contributed by atoms with Crippen molar-refractivity contribution in [1.82, 2.24) is 5.32 Å². The normalized spacial score (nSPS) is 26.1. The maximum Gasteiger partial charge on any atom is 0.224 e. The number of carbonyl (C=O) groups is 1. The van der Waals surface area contributed by atoms with Gasteiger partial charge in [0.15, 0.2) is 0 Å². The van der Waals surface area contributed by atoms with Gasteiger partial charge in [-0.15, -0.1) is 0 Å². The van der Waals surface area contributed by atoms with Gasteiger partial charge in [-0.2, -0.15) is 0 Å². The lowest BCUT2D eigenvalue weighted by molar-refractivity contribution is -0.131. The Morgan fingerprint density at radius 2 is 2.11 bits per heavy atom. The Balaban J connectivity index is 2.78. The first-order chi connectivity index (χ1) is 8.23. The Morgan fingerprint density at radius 1 is 1.50 bits per heavy atom. The second-order valence-electron chi connectivity index (χ2n) is 6.33. The van der Waals surface area contributed by atoms with Gasteiger partial charge in [0.25, 0.3) is 0 Å². The van der Waals surface area contributed by atoms with E-state index in [0.29, 0.717) is 4.99 Å². The van der Waals surface area contributed by atoms with E-state index in [0.717, 1.165) is 25.7 Å². The Kier molecular flexibility index (Phi) is 4.76. The molecule has 0 aromatic carbocycles. The van der Waals surface area contributed by atoms with Crippen LogP contribution in [-0.4, -0.2) is 16.4 Å². The summed E-state index contributed by atoms with van der Waals surface area (Å²) in [4.78, 5) is 12.8. The number of rotatable bonds is 4. The van der Waals surface area contributed by atoms with Crippen LogP contribution in [0.25, 0.3) is 0 Å². The van der Waals surface area contributed by atoms with Crippen molar-refractivity contribution < 1.29 is 4.79 Å². The van der Waals surface area contributed by atoms with Gasteiger partial charge in [-0.1, -0.05) is 45.8 Å². The molecule has 1 aliphatic rings. The van der Waals surface area contributed by atoms with Gasteiger partial charge < -0.3 is 11.1 Å². The molecule has 0 aromatic heterocycles. The standard InChI is InChI=1S/C14H26N2OS/c1-5-14(4,12(15)18)16-11(17)10-8-6-7-9-13(10,2)3/h10H,5-9H2,1-4H3,(H2,15,18)(H,16,17). The Morgan fingerprint density at radius 3 is 2.56 bits per heavy atom. The van der Waals surface area contributed by atoms with Gasteiger partial charge in [-0.3, -0.25) is 4.79 Å². The van der Waals surface area contributed by atoms with Gasteiger partial charge in [-0.25, -0.2) is 0 Å². The first-order valence-corrected chi connectivity index (χ1v) is 7.25. The van der Waals surface area contributed by atoms with E-state index in [9.17, 15) is 4.79 Å². The average molecular weight is 270 g/mol.